The molecule has 2 unspecified atom stereocenters. The number of aryl methyl sites for hydroxylation is 1. The summed E-state index contributed by atoms with van der Waals surface area (Å²) in [6.45, 7) is 2.97. The first-order valence-corrected chi connectivity index (χ1v) is 6.69. The van der Waals surface area contributed by atoms with Crippen molar-refractivity contribution in [1.29, 1.82) is 0 Å². The van der Waals surface area contributed by atoms with Crippen LogP contribution in [0.5, 0.6) is 5.75 Å². The van der Waals surface area contributed by atoms with Crippen LogP contribution in [0, 0.1) is 5.41 Å². The Morgan fingerprint density at radius 2 is 2.29 bits per heavy atom. The molecule has 0 aliphatic heterocycles. The van der Waals surface area contributed by atoms with E-state index in [1.807, 2.05) is 17.1 Å². The van der Waals surface area contributed by atoms with Crippen molar-refractivity contribution in [2.75, 3.05) is 0 Å². The molecule has 2 saturated carbocycles. The number of hydrogen-bond donors (Lipinski definition) is 1. The van der Waals surface area contributed by atoms with Gasteiger partial charge in [0.15, 0.2) is 5.75 Å². The fraction of sp³-hybridized carbons (Fsp3) is 0.769. The Balaban J connectivity index is 1.69. The first kappa shape index (κ1) is 11.1. The molecule has 1 spiro atoms. The van der Waals surface area contributed by atoms with Crippen molar-refractivity contribution >= 4 is 0 Å². The molecular formula is C13H21N3O. The highest BCUT2D eigenvalue weighted by Gasteiger charge is 2.56. The minimum absolute atomic E-state index is 0.272. The highest BCUT2D eigenvalue weighted by Crippen LogP contribution is 2.53. The highest BCUT2D eigenvalue weighted by atomic mass is 16.5. The van der Waals surface area contributed by atoms with Gasteiger partial charge in [-0.3, -0.25) is 4.68 Å². The highest BCUT2D eigenvalue weighted by molar-refractivity contribution is 5.17. The van der Waals surface area contributed by atoms with E-state index in [0.29, 0.717) is 12.1 Å². The first-order valence-electron chi connectivity index (χ1n) is 6.69. The average molecular weight is 235 g/mol. The van der Waals surface area contributed by atoms with Gasteiger partial charge in [0.2, 0.25) is 0 Å². The zero-order chi connectivity index (χ0) is 11.9. The summed E-state index contributed by atoms with van der Waals surface area (Å²) in [4.78, 5) is 0. The number of nitrogens with two attached hydrogens (primary N) is 1. The number of aromatic nitrogens is 2. The van der Waals surface area contributed by atoms with Crippen LogP contribution in [0.3, 0.4) is 0 Å². The van der Waals surface area contributed by atoms with E-state index in [0.717, 1.165) is 18.7 Å². The average Bonchev–Trinajstić information content (AvgIpc) is 2.99. The minimum atomic E-state index is 0.272. The molecule has 0 bridgehead atoms. The SMILES string of the molecule is CCn1cc(OC2CC(N)C23CCCC3)cn1. The lowest BCUT2D eigenvalue weighted by atomic mass is 9.61. The number of hydrogen-bond acceptors (Lipinski definition) is 3. The van der Waals surface area contributed by atoms with Crippen LogP contribution >= 0.6 is 0 Å². The lowest BCUT2D eigenvalue weighted by molar-refractivity contribution is -0.0620. The maximum Gasteiger partial charge on any atom is 0.157 e. The normalized spacial score (nSPS) is 30.5. The maximum atomic E-state index is 6.19. The molecule has 2 N–H and O–H groups in total. The van der Waals surface area contributed by atoms with Gasteiger partial charge in [-0.05, 0) is 19.8 Å². The number of ether oxygens (including phenoxy) is 1. The quantitative estimate of drug-likeness (QED) is 0.871. The summed E-state index contributed by atoms with van der Waals surface area (Å²) in [5, 5.41) is 4.24. The van der Waals surface area contributed by atoms with Gasteiger partial charge >= 0.3 is 0 Å². The lowest BCUT2D eigenvalue weighted by Crippen LogP contribution is -2.62. The molecular weight excluding hydrogens is 214 g/mol. The third kappa shape index (κ3) is 1.66. The molecule has 3 rings (SSSR count). The van der Waals surface area contributed by atoms with Crippen molar-refractivity contribution in [3.05, 3.63) is 12.4 Å². The van der Waals surface area contributed by atoms with Crippen molar-refractivity contribution in [2.45, 2.75) is 57.7 Å². The zero-order valence-corrected chi connectivity index (χ0v) is 10.4. The fourth-order valence-corrected chi connectivity index (χ4v) is 3.41. The van der Waals surface area contributed by atoms with Crippen LogP contribution in [0.25, 0.3) is 0 Å². The van der Waals surface area contributed by atoms with Crippen LogP contribution in [-0.4, -0.2) is 21.9 Å². The van der Waals surface area contributed by atoms with Crippen LogP contribution < -0.4 is 10.5 Å². The summed E-state index contributed by atoms with van der Waals surface area (Å²) in [5.74, 6) is 0.898. The van der Waals surface area contributed by atoms with Gasteiger partial charge in [-0.2, -0.15) is 5.10 Å². The van der Waals surface area contributed by atoms with Crippen molar-refractivity contribution in [3.8, 4) is 5.75 Å². The Morgan fingerprint density at radius 1 is 1.53 bits per heavy atom. The Hall–Kier alpha value is -1.03. The van der Waals surface area contributed by atoms with Gasteiger partial charge < -0.3 is 10.5 Å². The molecule has 2 fully saturated rings. The molecule has 4 nitrogen and oxygen atoms in total. The topological polar surface area (TPSA) is 53.1 Å². The smallest absolute Gasteiger partial charge is 0.157 e. The third-order valence-electron chi connectivity index (χ3n) is 4.59. The molecule has 2 atom stereocenters. The van der Waals surface area contributed by atoms with Crippen molar-refractivity contribution in [3.63, 3.8) is 0 Å². The molecule has 0 radical (unpaired) electrons. The molecule has 4 heteroatoms. The van der Waals surface area contributed by atoms with E-state index in [1.54, 1.807) is 0 Å². The van der Waals surface area contributed by atoms with Gasteiger partial charge in [-0.15, -0.1) is 0 Å². The Labute approximate surface area is 102 Å². The number of rotatable bonds is 3. The Morgan fingerprint density at radius 3 is 2.88 bits per heavy atom. The lowest BCUT2D eigenvalue weighted by Gasteiger charge is -2.51. The Bertz CT molecular complexity index is 395. The zero-order valence-electron chi connectivity index (χ0n) is 10.4. The van der Waals surface area contributed by atoms with Gasteiger partial charge in [0, 0.05) is 24.4 Å². The first-order chi connectivity index (χ1) is 8.24. The standard InChI is InChI=1S/C13H21N3O/c1-2-16-9-10(8-15-16)17-12-7-11(14)13(12)5-3-4-6-13/h8-9,11-12H,2-7,14H2,1H3. The molecule has 94 valence electrons. The number of nitrogens with zero attached hydrogens (tertiary/aromatic N) is 2. The van der Waals surface area contributed by atoms with E-state index in [4.69, 9.17) is 10.5 Å². The van der Waals surface area contributed by atoms with Crippen LogP contribution in [0.2, 0.25) is 0 Å². The molecule has 1 heterocycles. The van der Waals surface area contributed by atoms with E-state index in [9.17, 15) is 0 Å². The van der Waals surface area contributed by atoms with Gasteiger partial charge in [0.1, 0.15) is 6.10 Å². The molecule has 0 amide bonds. The van der Waals surface area contributed by atoms with Gasteiger partial charge in [0.25, 0.3) is 0 Å². The fourth-order valence-electron chi connectivity index (χ4n) is 3.41. The van der Waals surface area contributed by atoms with E-state index >= 15 is 0 Å². The van der Waals surface area contributed by atoms with E-state index in [2.05, 4.69) is 12.0 Å². The molecule has 1 aromatic heterocycles. The second-order valence-corrected chi connectivity index (χ2v) is 5.42. The molecule has 17 heavy (non-hydrogen) atoms. The molecule has 0 aromatic carbocycles. The van der Waals surface area contributed by atoms with E-state index in [-0.39, 0.29) is 5.41 Å². The summed E-state index contributed by atoms with van der Waals surface area (Å²) in [6.07, 6.45) is 10.2. The van der Waals surface area contributed by atoms with Crippen molar-refractivity contribution in [1.82, 2.24) is 9.78 Å². The van der Waals surface area contributed by atoms with Gasteiger partial charge in [0.05, 0.1) is 12.4 Å². The molecule has 2 aliphatic carbocycles. The van der Waals surface area contributed by atoms with E-state index < -0.39 is 0 Å². The predicted molar refractivity (Wildman–Crippen MR) is 65.8 cm³/mol. The molecule has 0 saturated heterocycles. The van der Waals surface area contributed by atoms with Crippen molar-refractivity contribution in [2.24, 2.45) is 11.1 Å². The minimum Gasteiger partial charge on any atom is -0.486 e. The molecule has 2 aliphatic rings. The summed E-state index contributed by atoms with van der Waals surface area (Å²) in [7, 11) is 0. The second kappa shape index (κ2) is 4.02. The monoisotopic (exact) mass is 235 g/mol. The summed E-state index contributed by atoms with van der Waals surface area (Å²) in [5.41, 5.74) is 6.47. The third-order valence-corrected chi connectivity index (χ3v) is 4.59. The van der Waals surface area contributed by atoms with Crippen LogP contribution in [0.1, 0.15) is 39.0 Å². The summed E-state index contributed by atoms with van der Waals surface area (Å²) < 4.78 is 7.98. The maximum absolute atomic E-state index is 6.19. The summed E-state index contributed by atoms with van der Waals surface area (Å²) in [6, 6.07) is 0.344. The van der Waals surface area contributed by atoms with Crippen LogP contribution in [-0.2, 0) is 6.54 Å². The molecule has 1 aromatic rings. The summed E-state index contributed by atoms with van der Waals surface area (Å²) >= 11 is 0. The van der Waals surface area contributed by atoms with Crippen LogP contribution in [0.15, 0.2) is 12.4 Å². The largest absolute Gasteiger partial charge is 0.486 e. The van der Waals surface area contributed by atoms with Crippen LogP contribution in [0.4, 0.5) is 0 Å². The predicted octanol–water partition coefficient (Wildman–Crippen LogP) is 1.94. The van der Waals surface area contributed by atoms with E-state index in [1.165, 1.54) is 25.7 Å². The second-order valence-electron chi connectivity index (χ2n) is 5.42. The Kier molecular flexibility index (Phi) is 2.62. The van der Waals surface area contributed by atoms with Crippen molar-refractivity contribution < 1.29 is 4.74 Å². The van der Waals surface area contributed by atoms with Gasteiger partial charge in [-0.1, -0.05) is 12.8 Å². The van der Waals surface area contributed by atoms with Gasteiger partial charge in [-0.25, -0.2) is 0 Å².